The van der Waals surface area contributed by atoms with E-state index in [9.17, 15) is 8.76 Å². The zero-order chi connectivity index (χ0) is 13.5. The highest BCUT2D eigenvalue weighted by atomic mass is 32.2. The summed E-state index contributed by atoms with van der Waals surface area (Å²) in [5.74, 6) is 0. The molecule has 0 heterocycles. The smallest absolute Gasteiger partial charge is 0.0348 e. The SMILES string of the molecule is CCCc1cc(NCCN(C)S(=O)[O-])ccc1N. The number of likely N-dealkylation sites (N-methyl/N-ethyl adjacent to an activating group) is 1. The van der Waals surface area contributed by atoms with Gasteiger partial charge in [0.15, 0.2) is 0 Å². The molecule has 6 heteroatoms. The first-order chi connectivity index (χ1) is 8.54. The normalized spacial score (nSPS) is 12.7. The maximum absolute atomic E-state index is 10.6. The maximum atomic E-state index is 10.6. The van der Waals surface area contributed by atoms with Crippen molar-refractivity contribution in [2.24, 2.45) is 0 Å². The zero-order valence-electron chi connectivity index (χ0n) is 10.8. The Morgan fingerprint density at radius 1 is 1.50 bits per heavy atom. The third kappa shape index (κ3) is 4.64. The summed E-state index contributed by atoms with van der Waals surface area (Å²) >= 11 is -2.16. The Morgan fingerprint density at radius 3 is 2.83 bits per heavy atom. The Hall–Kier alpha value is -1.11. The Balaban J connectivity index is 2.52. The van der Waals surface area contributed by atoms with E-state index in [1.54, 1.807) is 0 Å². The average molecular weight is 270 g/mol. The van der Waals surface area contributed by atoms with Crippen molar-refractivity contribution in [3.63, 3.8) is 0 Å². The molecule has 0 spiro atoms. The first-order valence-electron chi connectivity index (χ1n) is 5.97. The Labute approximate surface area is 111 Å². The molecule has 1 atom stereocenters. The van der Waals surface area contributed by atoms with Crippen LogP contribution in [0.25, 0.3) is 0 Å². The number of rotatable bonds is 7. The van der Waals surface area contributed by atoms with Gasteiger partial charge in [0.1, 0.15) is 0 Å². The van der Waals surface area contributed by atoms with E-state index in [4.69, 9.17) is 5.73 Å². The molecule has 1 unspecified atom stereocenters. The van der Waals surface area contributed by atoms with Crippen molar-refractivity contribution in [3.8, 4) is 0 Å². The van der Waals surface area contributed by atoms with E-state index >= 15 is 0 Å². The Bertz CT molecular complexity index is 412. The lowest BCUT2D eigenvalue weighted by Gasteiger charge is -2.19. The van der Waals surface area contributed by atoms with Crippen LogP contribution in [0, 0.1) is 0 Å². The Morgan fingerprint density at radius 2 is 2.22 bits per heavy atom. The van der Waals surface area contributed by atoms with Crippen LogP contribution < -0.4 is 11.1 Å². The number of benzene rings is 1. The molecule has 0 bridgehead atoms. The molecular formula is C12H20N3O2S-. The number of aryl methyl sites for hydroxylation is 1. The fraction of sp³-hybridized carbons (Fsp3) is 0.500. The molecule has 0 fully saturated rings. The minimum atomic E-state index is -2.16. The molecule has 1 aromatic rings. The van der Waals surface area contributed by atoms with Gasteiger partial charge in [-0.15, -0.1) is 0 Å². The van der Waals surface area contributed by atoms with Crippen molar-refractivity contribution < 1.29 is 8.76 Å². The lowest BCUT2D eigenvalue weighted by Crippen LogP contribution is -2.26. The van der Waals surface area contributed by atoms with Gasteiger partial charge in [0, 0.05) is 35.7 Å². The molecule has 0 aliphatic heterocycles. The molecular weight excluding hydrogens is 250 g/mol. The predicted molar refractivity (Wildman–Crippen MR) is 74.9 cm³/mol. The van der Waals surface area contributed by atoms with E-state index in [1.807, 2.05) is 18.2 Å². The highest BCUT2D eigenvalue weighted by Crippen LogP contribution is 2.19. The van der Waals surface area contributed by atoms with Gasteiger partial charge >= 0.3 is 0 Å². The number of nitrogens with zero attached hydrogens (tertiary/aromatic N) is 1. The lowest BCUT2D eigenvalue weighted by atomic mass is 10.1. The van der Waals surface area contributed by atoms with Gasteiger partial charge in [-0.25, -0.2) is 4.31 Å². The number of hydrogen-bond donors (Lipinski definition) is 2. The molecule has 0 saturated heterocycles. The molecule has 1 aromatic carbocycles. The molecule has 102 valence electrons. The summed E-state index contributed by atoms with van der Waals surface area (Å²) in [7, 11) is 1.54. The fourth-order valence-corrected chi connectivity index (χ4v) is 1.87. The van der Waals surface area contributed by atoms with E-state index in [1.165, 1.54) is 11.4 Å². The number of hydrogen-bond acceptors (Lipinski definition) is 4. The lowest BCUT2D eigenvalue weighted by molar-refractivity contribution is 0.441. The third-order valence-corrected chi connectivity index (χ3v) is 3.36. The van der Waals surface area contributed by atoms with Gasteiger partial charge in [-0.2, -0.15) is 0 Å². The second kappa shape index (κ2) is 7.35. The molecule has 0 amide bonds. The topological polar surface area (TPSA) is 81.4 Å². The maximum Gasteiger partial charge on any atom is 0.0348 e. The first-order valence-corrected chi connectivity index (χ1v) is 7.00. The second-order valence-electron chi connectivity index (χ2n) is 4.16. The van der Waals surface area contributed by atoms with Gasteiger partial charge in [0.2, 0.25) is 0 Å². The van der Waals surface area contributed by atoms with Crippen LogP contribution >= 0.6 is 0 Å². The molecule has 3 N–H and O–H groups in total. The van der Waals surface area contributed by atoms with Crippen molar-refractivity contribution in [1.82, 2.24) is 4.31 Å². The summed E-state index contributed by atoms with van der Waals surface area (Å²) < 4.78 is 22.5. The van der Waals surface area contributed by atoms with Crippen LogP contribution in [0.4, 0.5) is 11.4 Å². The van der Waals surface area contributed by atoms with Crippen LogP contribution in [0.3, 0.4) is 0 Å². The van der Waals surface area contributed by atoms with Gasteiger partial charge in [-0.05, 0) is 37.2 Å². The van der Waals surface area contributed by atoms with E-state index in [0.29, 0.717) is 13.1 Å². The standard InChI is InChI=1S/C12H21N3O2S/c1-3-4-10-9-11(5-6-12(10)13)14-7-8-15(2)18(16)17/h5-6,9,14H,3-4,7-8,13H2,1-2H3,(H,16,17)/p-1. The molecule has 0 radical (unpaired) electrons. The van der Waals surface area contributed by atoms with Crippen molar-refractivity contribution in [2.45, 2.75) is 19.8 Å². The molecule has 0 saturated carbocycles. The predicted octanol–water partition coefficient (Wildman–Crippen LogP) is 1.36. The van der Waals surface area contributed by atoms with Crippen LogP contribution in [0.15, 0.2) is 18.2 Å². The molecule has 0 aromatic heterocycles. The van der Waals surface area contributed by atoms with Gasteiger partial charge in [-0.3, -0.25) is 4.21 Å². The molecule has 18 heavy (non-hydrogen) atoms. The summed E-state index contributed by atoms with van der Waals surface area (Å²) in [6.07, 6.45) is 2.00. The van der Waals surface area contributed by atoms with Gasteiger partial charge in [0.05, 0.1) is 0 Å². The van der Waals surface area contributed by atoms with E-state index < -0.39 is 11.3 Å². The summed E-state index contributed by atoms with van der Waals surface area (Å²) in [5.41, 5.74) is 8.78. The average Bonchev–Trinajstić information content (AvgIpc) is 2.33. The number of anilines is 2. The van der Waals surface area contributed by atoms with Crippen LogP contribution in [0.5, 0.6) is 0 Å². The molecule has 5 nitrogen and oxygen atoms in total. The minimum Gasteiger partial charge on any atom is -0.760 e. The summed E-state index contributed by atoms with van der Waals surface area (Å²) in [6.45, 7) is 3.11. The molecule has 1 rings (SSSR count). The Kier molecular flexibility index (Phi) is 6.11. The monoisotopic (exact) mass is 270 g/mol. The summed E-state index contributed by atoms with van der Waals surface area (Å²) in [4.78, 5) is 0. The van der Waals surface area contributed by atoms with Crippen LogP contribution in [0.2, 0.25) is 0 Å². The highest BCUT2D eigenvalue weighted by Gasteiger charge is 2.01. The van der Waals surface area contributed by atoms with Gasteiger partial charge in [0.25, 0.3) is 0 Å². The van der Waals surface area contributed by atoms with Crippen LogP contribution in [-0.2, 0) is 17.7 Å². The number of nitrogen functional groups attached to an aromatic ring is 1. The van der Waals surface area contributed by atoms with E-state index in [0.717, 1.165) is 29.8 Å². The van der Waals surface area contributed by atoms with E-state index in [-0.39, 0.29) is 0 Å². The van der Waals surface area contributed by atoms with Gasteiger partial charge in [-0.1, -0.05) is 13.3 Å². The van der Waals surface area contributed by atoms with Gasteiger partial charge < -0.3 is 15.6 Å². The number of nitrogens with two attached hydrogens (primary N) is 1. The molecule has 0 aliphatic carbocycles. The fourth-order valence-electron chi connectivity index (χ4n) is 1.63. The van der Waals surface area contributed by atoms with Crippen molar-refractivity contribution in [3.05, 3.63) is 23.8 Å². The second-order valence-corrected chi connectivity index (χ2v) is 5.22. The first kappa shape index (κ1) is 14.9. The van der Waals surface area contributed by atoms with Crippen LogP contribution in [-0.4, -0.2) is 33.2 Å². The van der Waals surface area contributed by atoms with Crippen molar-refractivity contribution in [2.75, 3.05) is 31.2 Å². The quantitative estimate of drug-likeness (QED) is 0.579. The zero-order valence-corrected chi connectivity index (χ0v) is 11.6. The number of nitrogens with one attached hydrogen (secondary N) is 1. The third-order valence-electron chi connectivity index (χ3n) is 2.67. The summed E-state index contributed by atoms with van der Waals surface area (Å²) in [6, 6.07) is 5.80. The summed E-state index contributed by atoms with van der Waals surface area (Å²) in [5, 5.41) is 3.19. The minimum absolute atomic E-state index is 0.434. The highest BCUT2D eigenvalue weighted by molar-refractivity contribution is 7.76. The largest absolute Gasteiger partial charge is 0.760 e. The molecule has 0 aliphatic rings. The van der Waals surface area contributed by atoms with Crippen molar-refractivity contribution >= 4 is 22.6 Å². The van der Waals surface area contributed by atoms with Crippen molar-refractivity contribution in [1.29, 1.82) is 0 Å². The van der Waals surface area contributed by atoms with E-state index in [2.05, 4.69) is 12.2 Å². The van der Waals surface area contributed by atoms with Crippen LogP contribution in [0.1, 0.15) is 18.9 Å².